The molecule has 6 nitrogen and oxygen atoms in total. The van der Waals surface area contributed by atoms with Crippen LogP contribution in [0.2, 0.25) is 0 Å². The fraction of sp³-hybridized carbons (Fsp3) is 0.529. The summed E-state index contributed by atoms with van der Waals surface area (Å²) in [4.78, 5) is 28.5. The van der Waals surface area contributed by atoms with E-state index in [1.807, 2.05) is 13.8 Å². The Hall–Kier alpha value is -2.15. The first kappa shape index (κ1) is 16.7. The highest BCUT2D eigenvalue weighted by Crippen LogP contribution is 2.29. The number of urea groups is 1. The Balaban J connectivity index is 1.96. The monoisotopic (exact) mass is 335 g/mol. The van der Waals surface area contributed by atoms with Gasteiger partial charge in [0.15, 0.2) is 0 Å². The van der Waals surface area contributed by atoms with Gasteiger partial charge in [-0.25, -0.2) is 9.18 Å². The number of hydrogen-bond acceptors (Lipinski definition) is 3. The van der Waals surface area contributed by atoms with Gasteiger partial charge in [-0.05, 0) is 29.7 Å². The molecule has 1 aromatic carbocycles. The lowest BCUT2D eigenvalue weighted by Gasteiger charge is -2.42. The summed E-state index contributed by atoms with van der Waals surface area (Å²) in [7, 11) is 0. The SMILES string of the molecule is CC[C@H](C)[C@H]1C(=O)Nc2ccc(F)cc2CN1C(=O)N1CC(O)C1. The highest BCUT2D eigenvalue weighted by atomic mass is 19.1. The molecule has 2 atom stereocenters. The van der Waals surface area contributed by atoms with Crippen LogP contribution in [-0.2, 0) is 11.3 Å². The molecule has 3 rings (SSSR count). The Bertz CT molecular complexity index is 660. The van der Waals surface area contributed by atoms with E-state index in [4.69, 9.17) is 0 Å². The van der Waals surface area contributed by atoms with Gasteiger partial charge in [0.1, 0.15) is 11.9 Å². The number of fused-ring (bicyclic) bond motifs is 1. The van der Waals surface area contributed by atoms with Gasteiger partial charge in [-0.3, -0.25) is 4.79 Å². The van der Waals surface area contributed by atoms with Crippen LogP contribution in [0.5, 0.6) is 0 Å². The average molecular weight is 335 g/mol. The maximum absolute atomic E-state index is 13.6. The van der Waals surface area contributed by atoms with Gasteiger partial charge in [0.2, 0.25) is 5.91 Å². The number of rotatable bonds is 2. The molecule has 7 heteroatoms. The van der Waals surface area contributed by atoms with Crippen molar-refractivity contribution in [2.24, 2.45) is 5.92 Å². The zero-order valence-corrected chi connectivity index (χ0v) is 13.8. The third-order valence-electron chi connectivity index (χ3n) is 4.83. The molecule has 2 N–H and O–H groups in total. The van der Waals surface area contributed by atoms with Crippen LogP contribution in [0.15, 0.2) is 18.2 Å². The highest BCUT2D eigenvalue weighted by molar-refractivity contribution is 5.99. The van der Waals surface area contributed by atoms with Crippen molar-refractivity contribution in [1.82, 2.24) is 9.80 Å². The van der Waals surface area contributed by atoms with E-state index in [0.29, 0.717) is 11.3 Å². The summed E-state index contributed by atoms with van der Waals surface area (Å²) in [5.41, 5.74) is 1.11. The summed E-state index contributed by atoms with van der Waals surface area (Å²) in [6, 6.07) is 3.24. The van der Waals surface area contributed by atoms with Gasteiger partial charge in [-0.2, -0.15) is 0 Å². The van der Waals surface area contributed by atoms with E-state index in [0.717, 1.165) is 6.42 Å². The molecule has 0 aromatic heterocycles. The molecule has 0 radical (unpaired) electrons. The number of carbonyl (C=O) groups excluding carboxylic acids is 2. The lowest BCUT2D eigenvalue weighted by Crippen LogP contribution is -2.60. The number of β-amino-alcohol motifs (C(OH)–C–C–N with tert-alkyl or cyclic N) is 1. The number of aliphatic hydroxyl groups excluding tert-OH is 1. The number of nitrogens with one attached hydrogen (secondary N) is 1. The van der Waals surface area contributed by atoms with Crippen LogP contribution in [0.1, 0.15) is 25.8 Å². The molecule has 2 aliphatic rings. The second-order valence-corrected chi connectivity index (χ2v) is 6.59. The Morgan fingerprint density at radius 1 is 1.46 bits per heavy atom. The third kappa shape index (κ3) is 2.96. The minimum Gasteiger partial charge on any atom is -0.389 e. The molecule has 3 amide bonds. The van der Waals surface area contributed by atoms with Crippen LogP contribution in [0.4, 0.5) is 14.9 Å². The first-order chi connectivity index (χ1) is 11.4. The number of hydrogen-bond donors (Lipinski definition) is 2. The van der Waals surface area contributed by atoms with Crippen molar-refractivity contribution in [1.29, 1.82) is 0 Å². The summed E-state index contributed by atoms with van der Waals surface area (Å²) in [5, 5.41) is 12.3. The van der Waals surface area contributed by atoms with Crippen LogP contribution >= 0.6 is 0 Å². The molecule has 0 unspecified atom stereocenters. The minimum atomic E-state index is -0.629. The molecule has 0 saturated carbocycles. The Morgan fingerprint density at radius 3 is 2.79 bits per heavy atom. The average Bonchev–Trinajstić information content (AvgIpc) is 2.66. The van der Waals surface area contributed by atoms with Gasteiger partial charge in [-0.1, -0.05) is 20.3 Å². The van der Waals surface area contributed by atoms with Gasteiger partial charge in [0.25, 0.3) is 0 Å². The molecule has 0 spiro atoms. The molecule has 2 aliphatic heterocycles. The first-order valence-corrected chi connectivity index (χ1v) is 8.23. The fourth-order valence-corrected chi connectivity index (χ4v) is 3.21. The van der Waals surface area contributed by atoms with Crippen LogP contribution in [0, 0.1) is 11.7 Å². The molecule has 24 heavy (non-hydrogen) atoms. The summed E-state index contributed by atoms with van der Waals surface area (Å²) in [6.07, 6.45) is 0.219. The van der Waals surface area contributed by atoms with Crippen molar-refractivity contribution < 1.29 is 19.1 Å². The number of carbonyl (C=O) groups is 2. The molecule has 1 aromatic rings. The second kappa shape index (κ2) is 6.39. The van der Waals surface area contributed by atoms with Crippen LogP contribution < -0.4 is 5.32 Å². The number of amides is 3. The number of anilines is 1. The van der Waals surface area contributed by atoms with E-state index in [9.17, 15) is 19.1 Å². The largest absolute Gasteiger partial charge is 0.389 e. The fourth-order valence-electron chi connectivity index (χ4n) is 3.21. The predicted molar refractivity (Wildman–Crippen MR) is 86.8 cm³/mol. The Labute approximate surface area is 140 Å². The summed E-state index contributed by atoms with van der Waals surface area (Å²) < 4.78 is 13.6. The normalized spacial score (nSPS) is 22.3. The van der Waals surface area contributed by atoms with Crippen LogP contribution in [-0.4, -0.2) is 52.1 Å². The Kier molecular flexibility index (Phi) is 4.45. The summed E-state index contributed by atoms with van der Waals surface area (Å²) in [5.74, 6) is -0.708. The highest BCUT2D eigenvalue weighted by Gasteiger charge is 2.41. The van der Waals surface area contributed by atoms with Crippen molar-refractivity contribution in [3.05, 3.63) is 29.6 Å². The number of nitrogens with zero attached hydrogens (tertiary/aromatic N) is 2. The molecule has 130 valence electrons. The van der Waals surface area contributed by atoms with Crippen molar-refractivity contribution in [3.63, 3.8) is 0 Å². The van der Waals surface area contributed by atoms with Crippen molar-refractivity contribution in [2.45, 2.75) is 39.0 Å². The van der Waals surface area contributed by atoms with E-state index in [1.54, 1.807) is 0 Å². The van der Waals surface area contributed by atoms with Crippen molar-refractivity contribution in [3.8, 4) is 0 Å². The van der Waals surface area contributed by atoms with E-state index >= 15 is 0 Å². The van der Waals surface area contributed by atoms with Crippen LogP contribution in [0.25, 0.3) is 0 Å². The number of likely N-dealkylation sites (tertiary alicyclic amines) is 1. The molecule has 1 saturated heterocycles. The number of aliphatic hydroxyl groups is 1. The molecule has 0 bridgehead atoms. The number of benzene rings is 1. The quantitative estimate of drug-likeness (QED) is 0.865. The smallest absolute Gasteiger partial charge is 0.321 e. The van der Waals surface area contributed by atoms with E-state index < -0.39 is 18.0 Å². The molecular weight excluding hydrogens is 313 g/mol. The predicted octanol–water partition coefficient (Wildman–Crippen LogP) is 1.79. The van der Waals surface area contributed by atoms with E-state index in [2.05, 4.69) is 5.32 Å². The molecule has 0 aliphatic carbocycles. The lowest BCUT2D eigenvalue weighted by molar-refractivity contribution is -0.122. The minimum absolute atomic E-state index is 0.0423. The van der Waals surface area contributed by atoms with E-state index in [-0.39, 0.29) is 37.5 Å². The van der Waals surface area contributed by atoms with Gasteiger partial charge < -0.3 is 20.2 Å². The third-order valence-corrected chi connectivity index (χ3v) is 4.83. The summed E-state index contributed by atoms with van der Waals surface area (Å²) >= 11 is 0. The summed E-state index contributed by atoms with van der Waals surface area (Å²) in [6.45, 7) is 4.57. The van der Waals surface area contributed by atoms with Gasteiger partial charge >= 0.3 is 6.03 Å². The number of halogens is 1. The molecule has 1 fully saturated rings. The standard InChI is InChI=1S/C17H22FN3O3/c1-3-10(2)15-16(23)19-14-5-4-12(18)6-11(14)7-21(15)17(24)20-8-13(22)9-20/h4-6,10,13,15,22H,3,7-9H2,1-2H3,(H,19,23)/t10-,15-/m0/s1. The van der Waals surface area contributed by atoms with E-state index in [1.165, 1.54) is 28.0 Å². The first-order valence-electron chi connectivity index (χ1n) is 8.23. The van der Waals surface area contributed by atoms with Gasteiger partial charge in [0, 0.05) is 5.69 Å². The molecular formula is C17H22FN3O3. The van der Waals surface area contributed by atoms with Crippen molar-refractivity contribution in [2.75, 3.05) is 18.4 Å². The Morgan fingerprint density at radius 2 is 2.17 bits per heavy atom. The van der Waals surface area contributed by atoms with Gasteiger partial charge in [0.05, 0.1) is 25.7 Å². The maximum Gasteiger partial charge on any atom is 0.321 e. The zero-order chi connectivity index (χ0) is 17.4. The van der Waals surface area contributed by atoms with Crippen LogP contribution in [0.3, 0.4) is 0 Å². The second-order valence-electron chi connectivity index (χ2n) is 6.59. The topological polar surface area (TPSA) is 72.9 Å². The van der Waals surface area contributed by atoms with Gasteiger partial charge in [-0.15, -0.1) is 0 Å². The maximum atomic E-state index is 13.6. The lowest BCUT2D eigenvalue weighted by atomic mass is 9.96. The van der Waals surface area contributed by atoms with Crippen molar-refractivity contribution >= 4 is 17.6 Å². The zero-order valence-electron chi connectivity index (χ0n) is 13.8. The molecule has 2 heterocycles.